The van der Waals surface area contributed by atoms with E-state index in [1.165, 1.54) is 31.1 Å². The Morgan fingerprint density at radius 3 is 2.36 bits per heavy atom. The SMILES string of the molecule is CCC(C)N1C(=O)c2cccc(N=Nc3c(O)n(C)c(=O)n(C)c3=O)c2C1=O. The topological polar surface area (TPSA) is 126 Å². The number of rotatable bonds is 4. The van der Waals surface area contributed by atoms with Crippen LogP contribution in [0, 0.1) is 0 Å². The normalized spacial score (nSPS) is 14.8. The molecule has 10 nitrogen and oxygen atoms in total. The molecule has 2 amide bonds. The maximum Gasteiger partial charge on any atom is 0.333 e. The second kappa shape index (κ2) is 6.87. The first-order chi connectivity index (χ1) is 13.2. The van der Waals surface area contributed by atoms with Crippen LogP contribution in [0.2, 0.25) is 0 Å². The van der Waals surface area contributed by atoms with Gasteiger partial charge in [0.2, 0.25) is 11.6 Å². The Hall–Kier alpha value is -3.56. The van der Waals surface area contributed by atoms with Gasteiger partial charge in [-0.05, 0) is 25.5 Å². The van der Waals surface area contributed by atoms with Crippen molar-refractivity contribution in [3.63, 3.8) is 0 Å². The summed E-state index contributed by atoms with van der Waals surface area (Å²) in [5.41, 5.74) is -1.60. The summed E-state index contributed by atoms with van der Waals surface area (Å²) in [4.78, 5) is 50.5. The second-order valence-corrected chi connectivity index (χ2v) is 6.52. The molecule has 0 bridgehead atoms. The highest BCUT2D eigenvalue weighted by molar-refractivity contribution is 6.23. The zero-order chi connectivity index (χ0) is 20.7. The van der Waals surface area contributed by atoms with E-state index in [-0.39, 0.29) is 22.9 Å². The van der Waals surface area contributed by atoms with E-state index in [2.05, 4.69) is 10.2 Å². The molecule has 1 aliphatic heterocycles. The van der Waals surface area contributed by atoms with Gasteiger partial charge in [0.15, 0.2) is 0 Å². The first-order valence-electron chi connectivity index (χ1n) is 8.62. The van der Waals surface area contributed by atoms with Gasteiger partial charge in [0.05, 0.1) is 16.8 Å². The summed E-state index contributed by atoms with van der Waals surface area (Å²) in [5.74, 6) is -1.54. The molecular formula is C18H19N5O5. The van der Waals surface area contributed by atoms with Gasteiger partial charge in [-0.3, -0.25) is 28.4 Å². The average Bonchev–Trinajstić information content (AvgIpc) is 2.95. The molecule has 0 spiro atoms. The quantitative estimate of drug-likeness (QED) is 0.632. The third-order valence-corrected chi connectivity index (χ3v) is 4.82. The molecule has 1 aromatic carbocycles. The van der Waals surface area contributed by atoms with Gasteiger partial charge in [0.25, 0.3) is 17.4 Å². The van der Waals surface area contributed by atoms with Gasteiger partial charge in [-0.1, -0.05) is 13.0 Å². The van der Waals surface area contributed by atoms with Crippen molar-refractivity contribution in [1.29, 1.82) is 0 Å². The highest BCUT2D eigenvalue weighted by atomic mass is 16.3. The predicted molar refractivity (Wildman–Crippen MR) is 99.5 cm³/mol. The molecule has 1 aromatic heterocycles. The lowest BCUT2D eigenvalue weighted by atomic mass is 10.1. The first-order valence-corrected chi connectivity index (χ1v) is 8.62. The van der Waals surface area contributed by atoms with E-state index in [0.717, 1.165) is 9.13 Å². The van der Waals surface area contributed by atoms with Crippen molar-refractivity contribution in [3.8, 4) is 5.88 Å². The highest BCUT2D eigenvalue weighted by Crippen LogP contribution is 2.34. The van der Waals surface area contributed by atoms with E-state index in [1.54, 1.807) is 13.0 Å². The lowest BCUT2D eigenvalue weighted by molar-refractivity contribution is 0.0594. The van der Waals surface area contributed by atoms with Crippen LogP contribution in [0.3, 0.4) is 0 Å². The number of azo groups is 1. The minimum absolute atomic E-state index is 0.0944. The van der Waals surface area contributed by atoms with Crippen molar-refractivity contribution >= 4 is 23.2 Å². The van der Waals surface area contributed by atoms with Crippen LogP contribution >= 0.6 is 0 Å². The third kappa shape index (κ3) is 2.73. The fourth-order valence-corrected chi connectivity index (χ4v) is 2.96. The summed E-state index contributed by atoms with van der Waals surface area (Å²) in [6.45, 7) is 3.64. The molecule has 0 radical (unpaired) electrons. The van der Waals surface area contributed by atoms with Gasteiger partial charge in [0.1, 0.15) is 0 Å². The molecule has 1 unspecified atom stereocenters. The van der Waals surface area contributed by atoms with Crippen LogP contribution in [0.25, 0.3) is 0 Å². The molecule has 10 heteroatoms. The molecule has 28 heavy (non-hydrogen) atoms. The highest BCUT2D eigenvalue weighted by Gasteiger charge is 2.39. The van der Waals surface area contributed by atoms with E-state index in [1.807, 2.05) is 6.92 Å². The van der Waals surface area contributed by atoms with E-state index in [4.69, 9.17) is 0 Å². The summed E-state index contributed by atoms with van der Waals surface area (Å²) in [5, 5.41) is 17.8. The maximum atomic E-state index is 12.8. The Morgan fingerprint density at radius 1 is 1.04 bits per heavy atom. The fourth-order valence-electron chi connectivity index (χ4n) is 2.96. The number of carbonyl (C=O) groups excluding carboxylic acids is 2. The number of imide groups is 1. The van der Waals surface area contributed by atoms with Crippen molar-refractivity contribution in [2.75, 3.05) is 0 Å². The zero-order valence-corrected chi connectivity index (χ0v) is 15.8. The molecule has 0 aliphatic carbocycles. The van der Waals surface area contributed by atoms with Crippen LogP contribution in [0.5, 0.6) is 5.88 Å². The van der Waals surface area contributed by atoms with E-state index in [0.29, 0.717) is 6.42 Å². The first kappa shape index (κ1) is 19.2. The molecule has 0 saturated carbocycles. The van der Waals surface area contributed by atoms with Crippen LogP contribution in [-0.4, -0.2) is 37.0 Å². The van der Waals surface area contributed by atoms with Crippen molar-refractivity contribution in [2.45, 2.75) is 26.3 Å². The number of aromatic nitrogens is 2. The molecule has 2 aromatic rings. The molecule has 146 valence electrons. The number of carbonyl (C=O) groups is 2. The standard InChI is InChI=1S/C18H19N5O5/c1-5-9(2)23-14(24)10-7-6-8-11(12(10)15(23)25)19-20-13-16(26)21(3)18(28)22(4)17(13)27/h6-9,26H,5H2,1-4H3. The van der Waals surface area contributed by atoms with Crippen LogP contribution in [0.4, 0.5) is 11.4 Å². The van der Waals surface area contributed by atoms with Crippen molar-refractivity contribution in [1.82, 2.24) is 14.0 Å². The lowest BCUT2D eigenvalue weighted by Crippen LogP contribution is -2.37. The van der Waals surface area contributed by atoms with Gasteiger partial charge in [0, 0.05) is 20.1 Å². The monoisotopic (exact) mass is 385 g/mol. The summed E-state index contributed by atoms with van der Waals surface area (Å²) >= 11 is 0. The minimum Gasteiger partial charge on any atom is -0.493 e. The van der Waals surface area contributed by atoms with Crippen LogP contribution in [0.1, 0.15) is 41.0 Å². The largest absolute Gasteiger partial charge is 0.493 e. The van der Waals surface area contributed by atoms with Gasteiger partial charge in [-0.15, -0.1) is 10.2 Å². The van der Waals surface area contributed by atoms with Gasteiger partial charge in [-0.25, -0.2) is 4.79 Å². The number of hydrogen-bond donors (Lipinski definition) is 1. The predicted octanol–water partition coefficient (Wildman–Crippen LogP) is 1.60. The minimum atomic E-state index is -0.833. The van der Waals surface area contributed by atoms with Crippen molar-refractivity contribution < 1.29 is 14.7 Å². The summed E-state index contributed by atoms with van der Waals surface area (Å²) in [6, 6.07) is 4.28. The Bertz CT molecular complexity index is 1140. The number of amides is 2. The Morgan fingerprint density at radius 2 is 1.71 bits per heavy atom. The van der Waals surface area contributed by atoms with Crippen LogP contribution in [0.15, 0.2) is 38.0 Å². The molecule has 1 aliphatic rings. The molecule has 0 fully saturated rings. The lowest BCUT2D eigenvalue weighted by Gasteiger charge is -2.20. The van der Waals surface area contributed by atoms with E-state index < -0.39 is 34.6 Å². The zero-order valence-electron chi connectivity index (χ0n) is 15.8. The van der Waals surface area contributed by atoms with Crippen molar-refractivity contribution in [3.05, 3.63) is 50.2 Å². The number of hydrogen-bond acceptors (Lipinski definition) is 7. The number of benzene rings is 1. The maximum absolute atomic E-state index is 12.8. The van der Waals surface area contributed by atoms with Crippen molar-refractivity contribution in [2.24, 2.45) is 24.3 Å². The van der Waals surface area contributed by atoms with Gasteiger partial charge < -0.3 is 5.11 Å². The summed E-state index contributed by atoms with van der Waals surface area (Å²) in [7, 11) is 2.53. The molecule has 0 saturated heterocycles. The number of fused-ring (bicyclic) bond motifs is 1. The second-order valence-electron chi connectivity index (χ2n) is 6.52. The summed E-state index contributed by atoms with van der Waals surface area (Å²) in [6.07, 6.45) is 0.601. The molecule has 1 atom stereocenters. The molecule has 2 heterocycles. The number of aromatic hydroxyl groups is 1. The smallest absolute Gasteiger partial charge is 0.333 e. The number of nitrogens with zero attached hydrogens (tertiary/aromatic N) is 5. The van der Waals surface area contributed by atoms with E-state index in [9.17, 15) is 24.3 Å². The Labute approximate surface area is 159 Å². The third-order valence-electron chi connectivity index (χ3n) is 4.82. The molecule has 1 N–H and O–H groups in total. The fraction of sp³-hybridized carbons (Fsp3) is 0.333. The molecular weight excluding hydrogens is 366 g/mol. The average molecular weight is 385 g/mol. The Balaban J connectivity index is 2.12. The van der Waals surface area contributed by atoms with Crippen LogP contribution < -0.4 is 11.2 Å². The van der Waals surface area contributed by atoms with Gasteiger partial charge >= 0.3 is 5.69 Å². The Kier molecular flexibility index (Phi) is 4.72. The molecule has 3 rings (SSSR count). The van der Waals surface area contributed by atoms with Gasteiger partial charge in [-0.2, -0.15) is 0 Å². The summed E-state index contributed by atoms with van der Waals surface area (Å²) < 4.78 is 1.63. The van der Waals surface area contributed by atoms with Crippen LogP contribution in [-0.2, 0) is 14.1 Å². The van der Waals surface area contributed by atoms with E-state index >= 15 is 0 Å².